The second kappa shape index (κ2) is 7.13. The van der Waals surface area contributed by atoms with Crippen molar-refractivity contribution in [1.29, 1.82) is 0 Å². The van der Waals surface area contributed by atoms with E-state index in [2.05, 4.69) is 20.7 Å². The molecular formula is C13H16BrNO4. The van der Waals surface area contributed by atoms with Gasteiger partial charge in [0.1, 0.15) is 0 Å². The van der Waals surface area contributed by atoms with Crippen LogP contribution < -0.4 is 0 Å². The quantitative estimate of drug-likeness (QED) is 0.843. The van der Waals surface area contributed by atoms with E-state index >= 15 is 0 Å². The zero-order valence-electron chi connectivity index (χ0n) is 10.8. The Kier molecular flexibility index (Phi) is 5.82. The Labute approximate surface area is 120 Å². The lowest BCUT2D eigenvalue weighted by Gasteiger charge is -2.22. The number of carboxylic acid groups (broad SMARTS) is 1. The molecule has 0 bridgehead atoms. The summed E-state index contributed by atoms with van der Waals surface area (Å²) in [6.45, 7) is 0.237. The van der Waals surface area contributed by atoms with E-state index in [0.717, 1.165) is 14.9 Å². The van der Waals surface area contributed by atoms with E-state index in [-0.39, 0.29) is 24.9 Å². The smallest absolute Gasteiger partial charge is 0.407 e. The van der Waals surface area contributed by atoms with Gasteiger partial charge < -0.3 is 14.7 Å². The molecule has 0 aromatic heterocycles. The van der Waals surface area contributed by atoms with Gasteiger partial charge in [0, 0.05) is 24.0 Å². The summed E-state index contributed by atoms with van der Waals surface area (Å²) >= 11 is 3.36. The zero-order chi connectivity index (χ0) is 14.4. The van der Waals surface area contributed by atoms with Gasteiger partial charge in [0.25, 0.3) is 0 Å². The number of methoxy groups -OCH3 is 1. The molecule has 0 saturated heterocycles. The first-order chi connectivity index (χ1) is 8.93. The van der Waals surface area contributed by atoms with Gasteiger partial charge in [-0.05, 0) is 17.7 Å². The van der Waals surface area contributed by atoms with Crippen molar-refractivity contribution in [3.8, 4) is 0 Å². The number of benzene rings is 1. The molecule has 19 heavy (non-hydrogen) atoms. The van der Waals surface area contributed by atoms with E-state index in [4.69, 9.17) is 5.11 Å². The second-order valence-electron chi connectivity index (χ2n) is 4.20. The normalized spacial score (nSPS) is 11.7. The van der Waals surface area contributed by atoms with Crippen LogP contribution in [0, 0.1) is 0 Å². The molecule has 6 heteroatoms. The molecule has 0 aliphatic carbocycles. The molecular weight excluding hydrogens is 314 g/mol. The largest absolute Gasteiger partial charge is 0.469 e. The highest BCUT2D eigenvalue weighted by Crippen LogP contribution is 2.24. The molecule has 1 aromatic rings. The molecule has 104 valence electrons. The Bertz CT molecular complexity index is 464. The summed E-state index contributed by atoms with van der Waals surface area (Å²) in [6.07, 6.45) is -0.880. The van der Waals surface area contributed by atoms with E-state index in [1.807, 2.05) is 24.3 Å². The number of likely N-dealkylation sites (N-methyl/N-ethyl adjacent to an activating group) is 1. The second-order valence-corrected chi connectivity index (χ2v) is 5.11. The molecule has 1 aromatic carbocycles. The molecule has 0 radical (unpaired) electrons. The third kappa shape index (κ3) is 4.90. The van der Waals surface area contributed by atoms with Crippen LogP contribution in [-0.4, -0.2) is 42.8 Å². The first-order valence-electron chi connectivity index (χ1n) is 5.70. The molecule has 1 amide bonds. The molecule has 0 saturated carbocycles. The van der Waals surface area contributed by atoms with E-state index in [1.54, 1.807) is 0 Å². The van der Waals surface area contributed by atoms with Crippen molar-refractivity contribution < 1.29 is 19.4 Å². The SMILES string of the molecule is COC(=O)CC(CN(C)C(=O)O)c1cccc(Br)c1. The van der Waals surface area contributed by atoms with E-state index in [1.165, 1.54) is 14.2 Å². The van der Waals surface area contributed by atoms with Crippen molar-refractivity contribution in [2.24, 2.45) is 0 Å². The van der Waals surface area contributed by atoms with Crippen molar-refractivity contribution >= 4 is 28.0 Å². The molecule has 0 heterocycles. The summed E-state index contributed by atoms with van der Waals surface area (Å²) in [7, 11) is 2.80. The fourth-order valence-electron chi connectivity index (χ4n) is 1.74. The number of rotatable bonds is 5. The monoisotopic (exact) mass is 329 g/mol. The highest BCUT2D eigenvalue weighted by Gasteiger charge is 2.20. The lowest BCUT2D eigenvalue weighted by molar-refractivity contribution is -0.141. The van der Waals surface area contributed by atoms with Gasteiger partial charge >= 0.3 is 12.1 Å². The van der Waals surface area contributed by atoms with Gasteiger partial charge in [-0.25, -0.2) is 4.79 Å². The van der Waals surface area contributed by atoms with Gasteiger partial charge in [0.05, 0.1) is 13.5 Å². The van der Waals surface area contributed by atoms with Crippen molar-refractivity contribution in [1.82, 2.24) is 4.90 Å². The van der Waals surface area contributed by atoms with Crippen LogP contribution in [0.25, 0.3) is 0 Å². The summed E-state index contributed by atoms with van der Waals surface area (Å²) in [6, 6.07) is 7.47. The predicted molar refractivity (Wildman–Crippen MR) is 74.2 cm³/mol. The number of amides is 1. The Morgan fingerprint density at radius 3 is 2.68 bits per heavy atom. The maximum absolute atomic E-state index is 11.4. The van der Waals surface area contributed by atoms with Crippen LogP contribution >= 0.6 is 15.9 Å². The van der Waals surface area contributed by atoms with Crippen LogP contribution in [0.3, 0.4) is 0 Å². The van der Waals surface area contributed by atoms with Crippen LogP contribution in [0.15, 0.2) is 28.7 Å². The van der Waals surface area contributed by atoms with Crippen LogP contribution in [-0.2, 0) is 9.53 Å². The Morgan fingerprint density at radius 2 is 2.16 bits per heavy atom. The van der Waals surface area contributed by atoms with Crippen molar-refractivity contribution in [2.75, 3.05) is 20.7 Å². The van der Waals surface area contributed by atoms with Crippen LogP contribution in [0.4, 0.5) is 4.79 Å². The Morgan fingerprint density at radius 1 is 1.47 bits per heavy atom. The molecule has 0 spiro atoms. The highest BCUT2D eigenvalue weighted by molar-refractivity contribution is 9.10. The van der Waals surface area contributed by atoms with Gasteiger partial charge in [-0.3, -0.25) is 4.79 Å². The van der Waals surface area contributed by atoms with Crippen molar-refractivity contribution in [3.63, 3.8) is 0 Å². The Hall–Kier alpha value is -1.56. The molecule has 1 N–H and O–H groups in total. The number of carbonyl (C=O) groups is 2. The van der Waals surface area contributed by atoms with E-state index < -0.39 is 6.09 Å². The number of esters is 1. The number of carbonyl (C=O) groups excluding carboxylic acids is 1. The summed E-state index contributed by atoms with van der Waals surface area (Å²) in [5, 5.41) is 8.92. The molecule has 0 fully saturated rings. The summed E-state index contributed by atoms with van der Waals surface area (Å²) in [5.74, 6) is -0.588. The van der Waals surface area contributed by atoms with Crippen LogP contribution in [0.2, 0.25) is 0 Å². The van der Waals surface area contributed by atoms with Crippen molar-refractivity contribution in [2.45, 2.75) is 12.3 Å². The molecule has 5 nitrogen and oxygen atoms in total. The van der Waals surface area contributed by atoms with Crippen LogP contribution in [0.5, 0.6) is 0 Å². The number of nitrogens with zero attached hydrogens (tertiary/aromatic N) is 1. The minimum Gasteiger partial charge on any atom is -0.469 e. The molecule has 1 rings (SSSR count). The first kappa shape index (κ1) is 15.5. The third-order valence-electron chi connectivity index (χ3n) is 2.78. The average molecular weight is 330 g/mol. The fourth-order valence-corrected chi connectivity index (χ4v) is 2.16. The van der Waals surface area contributed by atoms with E-state index in [0.29, 0.717) is 0 Å². The minimum atomic E-state index is -1.02. The summed E-state index contributed by atoms with van der Waals surface area (Å²) in [4.78, 5) is 23.5. The number of ether oxygens (including phenoxy) is 1. The summed E-state index contributed by atoms with van der Waals surface area (Å²) in [5.41, 5.74) is 0.896. The molecule has 1 unspecified atom stereocenters. The van der Waals surface area contributed by atoms with Crippen LogP contribution in [0.1, 0.15) is 17.9 Å². The van der Waals surface area contributed by atoms with Gasteiger partial charge in [0.2, 0.25) is 0 Å². The predicted octanol–water partition coefficient (Wildman–Crippen LogP) is 2.71. The fraction of sp³-hybridized carbons (Fsp3) is 0.385. The number of halogens is 1. The molecule has 0 aliphatic heterocycles. The molecule has 0 aliphatic rings. The molecule has 1 atom stereocenters. The van der Waals surface area contributed by atoms with Gasteiger partial charge in [-0.2, -0.15) is 0 Å². The van der Waals surface area contributed by atoms with Crippen molar-refractivity contribution in [3.05, 3.63) is 34.3 Å². The minimum absolute atomic E-state index is 0.143. The standard InChI is InChI=1S/C13H16BrNO4/c1-15(13(17)18)8-10(7-12(16)19-2)9-4-3-5-11(14)6-9/h3-6,10H,7-8H2,1-2H3,(H,17,18). The van der Waals surface area contributed by atoms with Gasteiger partial charge in [-0.15, -0.1) is 0 Å². The van der Waals surface area contributed by atoms with E-state index in [9.17, 15) is 9.59 Å². The lowest BCUT2D eigenvalue weighted by atomic mass is 9.95. The number of hydrogen-bond donors (Lipinski definition) is 1. The maximum atomic E-state index is 11.4. The lowest BCUT2D eigenvalue weighted by Crippen LogP contribution is -2.30. The van der Waals surface area contributed by atoms with Gasteiger partial charge in [-0.1, -0.05) is 28.1 Å². The maximum Gasteiger partial charge on any atom is 0.407 e. The Balaban J connectivity index is 2.91. The van der Waals surface area contributed by atoms with Gasteiger partial charge in [0.15, 0.2) is 0 Å². The topological polar surface area (TPSA) is 66.8 Å². The number of hydrogen-bond acceptors (Lipinski definition) is 3. The summed E-state index contributed by atoms with van der Waals surface area (Å²) < 4.78 is 5.54. The zero-order valence-corrected chi connectivity index (χ0v) is 12.4. The highest BCUT2D eigenvalue weighted by atomic mass is 79.9. The third-order valence-corrected chi connectivity index (χ3v) is 3.27. The average Bonchev–Trinajstić information content (AvgIpc) is 2.37. The first-order valence-corrected chi connectivity index (χ1v) is 6.49.